The van der Waals surface area contributed by atoms with Crippen molar-refractivity contribution < 1.29 is 4.79 Å². The van der Waals surface area contributed by atoms with E-state index in [-0.39, 0.29) is 12.3 Å². The van der Waals surface area contributed by atoms with Gasteiger partial charge in [-0.25, -0.2) is 0 Å². The number of hydrogen-bond acceptors (Lipinski definition) is 1. The van der Waals surface area contributed by atoms with Gasteiger partial charge in [-0.3, -0.25) is 4.79 Å². The third-order valence-corrected chi connectivity index (χ3v) is 4.71. The first-order chi connectivity index (χ1) is 9.47. The van der Waals surface area contributed by atoms with E-state index in [0.717, 1.165) is 5.56 Å². The smallest absolute Gasteiger partial charge is 0.228 e. The SMILES string of the molecule is O=C(Cc1ccc(Cl)c(Cl)c1)Nc1cccc(Cl)c1Br. The largest absolute Gasteiger partial charge is 0.325 e. The van der Waals surface area contributed by atoms with Gasteiger partial charge in [0.15, 0.2) is 0 Å². The van der Waals surface area contributed by atoms with Gasteiger partial charge in [0.1, 0.15) is 0 Å². The molecule has 0 saturated carbocycles. The fourth-order valence-electron chi connectivity index (χ4n) is 1.63. The number of carbonyl (C=O) groups is 1. The molecule has 1 N–H and O–H groups in total. The summed E-state index contributed by atoms with van der Waals surface area (Å²) >= 11 is 21.0. The molecule has 2 nitrogen and oxygen atoms in total. The first-order valence-corrected chi connectivity index (χ1v) is 7.58. The quantitative estimate of drug-likeness (QED) is 0.724. The van der Waals surface area contributed by atoms with E-state index >= 15 is 0 Å². The zero-order valence-corrected chi connectivity index (χ0v) is 13.9. The summed E-state index contributed by atoms with van der Waals surface area (Å²) in [6.45, 7) is 0. The maximum absolute atomic E-state index is 12.0. The van der Waals surface area contributed by atoms with Gasteiger partial charge in [0.25, 0.3) is 0 Å². The van der Waals surface area contributed by atoms with Crippen molar-refractivity contribution in [1.29, 1.82) is 0 Å². The van der Waals surface area contributed by atoms with E-state index in [1.54, 1.807) is 36.4 Å². The summed E-state index contributed by atoms with van der Waals surface area (Å²) in [6, 6.07) is 10.4. The monoisotopic (exact) mass is 391 g/mol. The highest BCUT2D eigenvalue weighted by atomic mass is 79.9. The van der Waals surface area contributed by atoms with Crippen molar-refractivity contribution in [3.63, 3.8) is 0 Å². The van der Waals surface area contributed by atoms with Gasteiger partial charge in [0.05, 0.1) is 31.6 Å². The second kappa shape index (κ2) is 6.81. The van der Waals surface area contributed by atoms with Gasteiger partial charge < -0.3 is 5.32 Å². The van der Waals surface area contributed by atoms with Crippen LogP contribution in [0.2, 0.25) is 15.1 Å². The molecule has 2 aromatic carbocycles. The van der Waals surface area contributed by atoms with Crippen LogP contribution in [0.3, 0.4) is 0 Å². The fourth-order valence-corrected chi connectivity index (χ4v) is 2.49. The summed E-state index contributed by atoms with van der Waals surface area (Å²) in [5, 5.41) is 4.22. The number of anilines is 1. The van der Waals surface area contributed by atoms with Crippen molar-refractivity contribution in [1.82, 2.24) is 0 Å². The standard InChI is InChI=1S/C14H9BrCl3NO/c15-14-10(17)2-1-3-12(14)19-13(20)7-8-4-5-9(16)11(18)6-8/h1-6H,7H2,(H,19,20). The maximum atomic E-state index is 12.0. The lowest BCUT2D eigenvalue weighted by molar-refractivity contribution is -0.115. The topological polar surface area (TPSA) is 29.1 Å². The first-order valence-electron chi connectivity index (χ1n) is 5.65. The van der Waals surface area contributed by atoms with Crippen LogP contribution in [0.1, 0.15) is 5.56 Å². The number of carbonyl (C=O) groups excluding carboxylic acids is 1. The minimum absolute atomic E-state index is 0.161. The lowest BCUT2D eigenvalue weighted by atomic mass is 10.1. The fraction of sp³-hybridized carbons (Fsp3) is 0.0714. The Labute approximate surface area is 140 Å². The zero-order valence-electron chi connectivity index (χ0n) is 10.1. The molecular formula is C14H9BrCl3NO. The Kier molecular flexibility index (Phi) is 5.33. The highest BCUT2D eigenvalue weighted by Crippen LogP contribution is 2.30. The number of hydrogen-bond donors (Lipinski definition) is 1. The molecule has 0 atom stereocenters. The van der Waals surface area contributed by atoms with Crippen molar-refractivity contribution >= 4 is 62.3 Å². The molecule has 1 amide bonds. The van der Waals surface area contributed by atoms with Crippen molar-refractivity contribution in [2.75, 3.05) is 5.32 Å². The van der Waals surface area contributed by atoms with E-state index in [1.165, 1.54) is 0 Å². The van der Waals surface area contributed by atoms with E-state index in [2.05, 4.69) is 21.2 Å². The molecule has 0 bridgehead atoms. The Balaban J connectivity index is 2.09. The molecule has 0 heterocycles. The second-order valence-electron chi connectivity index (χ2n) is 4.07. The highest BCUT2D eigenvalue weighted by Gasteiger charge is 2.09. The number of rotatable bonds is 3. The van der Waals surface area contributed by atoms with Gasteiger partial charge >= 0.3 is 0 Å². The first kappa shape index (κ1) is 15.6. The average molecular weight is 393 g/mol. The summed E-state index contributed by atoms with van der Waals surface area (Å²) < 4.78 is 0.657. The van der Waals surface area contributed by atoms with Crippen LogP contribution >= 0.6 is 50.7 Å². The third kappa shape index (κ3) is 3.89. The normalized spacial score (nSPS) is 10.4. The second-order valence-corrected chi connectivity index (χ2v) is 6.09. The van der Waals surface area contributed by atoms with E-state index in [9.17, 15) is 4.79 Å². The van der Waals surface area contributed by atoms with E-state index in [0.29, 0.717) is 25.2 Å². The zero-order chi connectivity index (χ0) is 14.7. The van der Waals surface area contributed by atoms with E-state index in [4.69, 9.17) is 34.8 Å². The molecule has 2 rings (SSSR count). The molecule has 0 unspecified atom stereocenters. The molecule has 0 aliphatic carbocycles. The van der Waals surface area contributed by atoms with Crippen LogP contribution in [0.4, 0.5) is 5.69 Å². The van der Waals surface area contributed by atoms with Gasteiger partial charge in [-0.1, -0.05) is 46.9 Å². The molecule has 0 fully saturated rings. The van der Waals surface area contributed by atoms with Crippen LogP contribution in [-0.2, 0) is 11.2 Å². The Morgan fingerprint density at radius 1 is 1.05 bits per heavy atom. The van der Waals surface area contributed by atoms with Crippen LogP contribution in [0.25, 0.3) is 0 Å². The maximum Gasteiger partial charge on any atom is 0.228 e. The molecule has 2 aromatic rings. The molecule has 0 aliphatic heterocycles. The number of amides is 1. The predicted octanol–water partition coefficient (Wildman–Crippen LogP) is 5.59. The Morgan fingerprint density at radius 3 is 2.50 bits per heavy atom. The van der Waals surface area contributed by atoms with Crippen molar-refractivity contribution in [2.24, 2.45) is 0 Å². The van der Waals surface area contributed by atoms with Gasteiger partial charge in [0, 0.05) is 0 Å². The van der Waals surface area contributed by atoms with Crippen molar-refractivity contribution in [3.8, 4) is 0 Å². The molecule has 6 heteroatoms. The van der Waals surface area contributed by atoms with Crippen LogP contribution in [0, 0.1) is 0 Å². The van der Waals surface area contributed by atoms with Gasteiger partial charge in [-0.05, 0) is 45.8 Å². The number of halogens is 4. The van der Waals surface area contributed by atoms with Crippen LogP contribution < -0.4 is 5.32 Å². The van der Waals surface area contributed by atoms with E-state index in [1.807, 2.05) is 0 Å². The predicted molar refractivity (Wildman–Crippen MR) is 87.9 cm³/mol. The Morgan fingerprint density at radius 2 is 1.80 bits per heavy atom. The van der Waals surface area contributed by atoms with E-state index < -0.39 is 0 Å². The Bertz CT molecular complexity index is 661. The van der Waals surface area contributed by atoms with Gasteiger partial charge in [-0.15, -0.1) is 0 Å². The molecule has 0 radical (unpaired) electrons. The Hall–Kier alpha value is -0.740. The highest BCUT2D eigenvalue weighted by molar-refractivity contribution is 9.10. The van der Waals surface area contributed by atoms with Crippen molar-refractivity contribution in [2.45, 2.75) is 6.42 Å². The summed E-state index contributed by atoms with van der Waals surface area (Å²) in [5.74, 6) is -0.161. The summed E-state index contributed by atoms with van der Waals surface area (Å²) in [7, 11) is 0. The molecule has 20 heavy (non-hydrogen) atoms. The van der Waals surface area contributed by atoms with Crippen LogP contribution in [0.5, 0.6) is 0 Å². The van der Waals surface area contributed by atoms with Gasteiger partial charge in [0.2, 0.25) is 5.91 Å². The minimum Gasteiger partial charge on any atom is -0.325 e. The van der Waals surface area contributed by atoms with Gasteiger partial charge in [-0.2, -0.15) is 0 Å². The molecule has 0 aliphatic rings. The van der Waals surface area contributed by atoms with Crippen LogP contribution in [0.15, 0.2) is 40.9 Å². The molecule has 0 spiro atoms. The molecule has 104 valence electrons. The lowest BCUT2D eigenvalue weighted by Gasteiger charge is -2.09. The number of benzene rings is 2. The minimum atomic E-state index is -0.161. The summed E-state index contributed by atoms with van der Waals surface area (Å²) in [5.41, 5.74) is 1.41. The summed E-state index contributed by atoms with van der Waals surface area (Å²) in [6.07, 6.45) is 0.204. The number of nitrogens with one attached hydrogen (secondary N) is 1. The van der Waals surface area contributed by atoms with Crippen LogP contribution in [-0.4, -0.2) is 5.91 Å². The summed E-state index contributed by atoms with van der Waals surface area (Å²) in [4.78, 5) is 12.0. The average Bonchev–Trinajstić information content (AvgIpc) is 2.39. The molecular weight excluding hydrogens is 384 g/mol. The molecule has 0 aromatic heterocycles. The van der Waals surface area contributed by atoms with Crippen molar-refractivity contribution in [3.05, 3.63) is 61.5 Å². The molecule has 0 saturated heterocycles. The lowest BCUT2D eigenvalue weighted by Crippen LogP contribution is -2.14. The third-order valence-electron chi connectivity index (χ3n) is 2.57.